The molecule has 1 fully saturated rings. The lowest BCUT2D eigenvalue weighted by atomic mass is 10.1. The van der Waals surface area contributed by atoms with Gasteiger partial charge < -0.3 is 15.4 Å². The van der Waals surface area contributed by atoms with Gasteiger partial charge in [-0.1, -0.05) is 6.92 Å². The fraction of sp³-hybridized carbons (Fsp3) is 0.562. The molecule has 1 amide bonds. The summed E-state index contributed by atoms with van der Waals surface area (Å²) in [7, 11) is 0. The minimum atomic E-state index is -0.0267. The predicted octanol–water partition coefficient (Wildman–Crippen LogP) is 2.81. The van der Waals surface area contributed by atoms with E-state index in [9.17, 15) is 4.79 Å². The van der Waals surface area contributed by atoms with E-state index in [1.807, 2.05) is 24.3 Å². The van der Waals surface area contributed by atoms with E-state index in [4.69, 9.17) is 4.74 Å². The van der Waals surface area contributed by atoms with Crippen molar-refractivity contribution in [1.29, 1.82) is 0 Å². The molecule has 0 radical (unpaired) electrons. The van der Waals surface area contributed by atoms with Gasteiger partial charge in [-0.2, -0.15) is 0 Å². The molecule has 1 atom stereocenters. The third-order valence-corrected chi connectivity index (χ3v) is 3.49. The molecular formula is C16H24N2O2. The summed E-state index contributed by atoms with van der Waals surface area (Å²) in [6.07, 6.45) is 4.64. The lowest BCUT2D eigenvalue weighted by molar-refractivity contribution is 0.0169. The number of carbonyl (C=O) groups excluding carboxylic acids is 1. The van der Waals surface area contributed by atoms with Crippen molar-refractivity contribution >= 4 is 11.6 Å². The molecule has 0 bridgehead atoms. The highest BCUT2D eigenvalue weighted by Gasteiger charge is 2.15. The minimum absolute atomic E-state index is 0.0267. The molecule has 0 saturated carbocycles. The van der Waals surface area contributed by atoms with Crippen LogP contribution in [0.5, 0.6) is 0 Å². The minimum Gasteiger partial charge on any atom is -0.385 e. The fourth-order valence-electron chi connectivity index (χ4n) is 2.29. The highest BCUT2D eigenvalue weighted by Crippen LogP contribution is 2.12. The molecule has 1 aromatic rings. The van der Waals surface area contributed by atoms with E-state index in [0.29, 0.717) is 12.1 Å². The van der Waals surface area contributed by atoms with Crippen LogP contribution in [0.4, 0.5) is 5.69 Å². The predicted molar refractivity (Wildman–Crippen MR) is 81.1 cm³/mol. The number of carbonyl (C=O) groups is 1. The largest absolute Gasteiger partial charge is 0.385 e. The molecule has 20 heavy (non-hydrogen) atoms. The van der Waals surface area contributed by atoms with Crippen LogP contribution in [-0.2, 0) is 4.74 Å². The maximum absolute atomic E-state index is 12.0. The number of amides is 1. The second-order valence-electron chi connectivity index (χ2n) is 5.20. The molecular weight excluding hydrogens is 252 g/mol. The van der Waals surface area contributed by atoms with Gasteiger partial charge in [0, 0.05) is 30.9 Å². The Hall–Kier alpha value is -1.55. The first-order valence-corrected chi connectivity index (χ1v) is 7.53. The van der Waals surface area contributed by atoms with Crippen LogP contribution in [0.3, 0.4) is 0 Å². The molecule has 2 rings (SSSR count). The molecule has 4 heteroatoms. The topological polar surface area (TPSA) is 50.4 Å². The van der Waals surface area contributed by atoms with Gasteiger partial charge in [0.05, 0.1) is 6.10 Å². The zero-order chi connectivity index (χ0) is 14.2. The summed E-state index contributed by atoms with van der Waals surface area (Å²) < 4.78 is 5.60. The molecule has 1 aromatic carbocycles. The Balaban J connectivity index is 1.79. The van der Waals surface area contributed by atoms with Crippen molar-refractivity contribution in [2.24, 2.45) is 0 Å². The van der Waals surface area contributed by atoms with E-state index in [2.05, 4.69) is 17.6 Å². The van der Waals surface area contributed by atoms with E-state index in [-0.39, 0.29) is 12.0 Å². The molecule has 0 aromatic heterocycles. The van der Waals surface area contributed by atoms with Crippen LogP contribution in [0.25, 0.3) is 0 Å². The molecule has 0 spiro atoms. The van der Waals surface area contributed by atoms with Gasteiger partial charge in [-0.3, -0.25) is 4.79 Å². The molecule has 110 valence electrons. The number of hydrogen-bond acceptors (Lipinski definition) is 3. The van der Waals surface area contributed by atoms with Gasteiger partial charge in [0.15, 0.2) is 0 Å². The zero-order valence-corrected chi connectivity index (χ0v) is 12.2. The molecule has 2 N–H and O–H groups in total. The Morgan fingerprint density at radius 2 is 2.10 bits per heavy atom. The molecule has 1 aliphatic rings. The van der Waals surface area contributed by atoms with Crippen molar-refractivity contribution in [3.8, 4) is 0 Å². The second-order valence-corrected chi connectivity index (χ2v) is 5.20. The normalized spacial score (nSPS) is 18.6. The lowest BCUT2D eigenvalue weighted by Gasteiger charge is -2.22. The third kappa shape index (κ3) is 4.53. The van der Waals surface area contributed by atoms with Gasteiger partial charge in [-0.15, -0.1) is 0 Å². The maximum Gasteiger partial charge on any atom is 0.251 e. The molecule has 1 saturated heterocycles. The molecule has 1 unspecified atom stereocenters. The molecule has 0 aliphatic carbocycles. The lowest BCUT2D eigenvalue weighted by Crippen LogP contribution is -2.35. The smallest absolute Gasteiger partial charge is 0.251 e. The van der Waals surface area contributed by atoms with Gasteiger partial charge in [-0.25, -0.2) is 0 Å². The summed E-state index contributed by atoms with van der Waals surface area (Å²) in [6, 6.07) is 7.60. The van der Waals surface area contributed by atoms with Crippen LogP contribution in [0, 0.1) is 0 Å². The number of ether oxygens (including phenoxy) is 1. The van der Waals surface area contributed by atoms with Crippen molar-refractivity contribution in [2.75, 3.05) is 25.0 Å². The molecule has 4 nitrogen and oxygen atoms in total. The van der Waals surface area contributed by atoms with Crippen LogP contribution in [-0.4, -0.2) is 31.7 Å². The van der Waals surface area contributed by atoms with E-state index in [1.54, 1.807) is 0 Å². The second kappa shape index (κ2) is 7.90. The van der Waals surface area contributed by atoms with E-state index in [1.165, 1.54) is 6.42 Å². The van der Waals surface area contributed by atoms with Crippen molar-refractivity contribution in [2.45, 2.75) is 38.7 Å². The summed E-state index contributed by atoms with van der Waals surface area (Å²) in [4.78, 5) is 12.0. The van der Waals surface area contributed by atoms with Crippen molar-refractivity contribution in [3.05, 3.63) is 29.8 Å². The number of anilines is 1. The monoisotopic (exact) mass is 276 g/mol. The quantitative estimate of drug-likeness (QED) is 0.840. The van der Waals surface area contributed by atoms with Crippen LogP contribution < -0.4 is 10.6 Å². The van der Waals surface area contributed by atoms with Gasteiger partial charge in [0.2, 0.25) is 0 Å². The average Bonchev–Trinajstić information content (AvgIpc) is 2.52. The summed E-state index contributed by atoms with van der Waals surface area (Å²) in [5.41, 5.74) is 1.75. The first-order chi connectivity index (χ1) is 9.79. The van der Waals surface area contributed by atoms with E-state index >= 15 is 0 Å². The Kier molecular flexibility index (Phi) is 5.87. The Bertz CT molecular complexity index is 411. The number of nitrogens with one attached hydrogen (secondary N) is 2. The zero-order valence-electron chi connectivity index (χ0n) is 12.2. The standard InChI is InChI=1S/C16H24N2O2/c1-2-10-17-14-8-6-13(7-9-14)16(19)18-12-15-5-3-4-11-20-15/h6-9,15,17H,2-5,10-12H2,1H3,(H,18,19). The van der Waals surface area contributed by atoms with Crippen LogP contribution in [0.15, 0.2) is 24.3 Å². The van der Waals surface area contributed by atoms with Gasteiger partial charge in [0.25, 0.3) is 5.91 Å². The SMILES string of the molecule is CCCNc1ccc(C(=O)NCC2CCCCO2)cc1. The van der Waals surface area contributed by atoms with Crippen LogP contribution >= 0.6 is 0 Å². The van der Waals surface area contributed by atoms with Gasteiger partial charge in [-0.05, 0) is 49.9 Å². The Morgan fingerprint density at radius 1 is 1.30 bits per heavy atom. The molecule has 1 aliphatic heterocycles. The van der Waals surface area contributed by atoms with E-state index in [0.717, 1.165) is 38.1 Å². The third-order valence-electron chi connectivity index (χ3n) is 3.49. The van der Waals surface area contributed by atoms with Crippen LogP contribution in [0.2, 0.25) is 0 Å². The highest BCUT2D eigenvalue weighted by atomic mass is 16.5. The number of hydrogen-bond donors (Lipinski definition) is 2. The van der Waals surface area contributed by atoms with Crippen molar-refractivity contribution < 1.29 is 9.53 Å². The summed E-state index contributed by atoms with van der Waals surface area (Å²) >= 11 is 0. The van der Waals surface area contributed by atoms with Gasteiger partial charge >= 0.3 is 0 Å². The van der Waals surface area contributed by atoms with Gasteiger partial charge in [0.1, 0.15) is 0 Å². The molecule has 1 heterocycles. The fourth-order valence-corrected chi connectivity index (χ4v) is 2.29. The Morgan fingerprint density at radius 3 is 2.75 bits per heavy atom. The number of benzene rings is 1. The first-order valence-electron chi connectivity index (χ1n) is 7.53. The van der Waals surface area contributed by atoms with Crippen molar-refractivity contribution in [1.82, 2.24) is 5.32 Å². The summed E-state index contributed by atoms with van der Waals surface area (Å²) in [5.74, 6) is -0.0267. The average molecular weight is 276 g/mol. The maximum atomic E-state index is 12.0. The first kappa shape index (κ1) is 14.9. The highest BCUT2D eigenvalue weighted by molar-refractivity contribution is 5.94. The number of rotatable bonds is 6. The van der Waals surface area contributed by atoms with Crippen LogP contribution in [0.1, 0.15) is 43.0 Å². The van der Waals surface area contributed by atoms with Crippen molar-refractivity contribution in [3.63, 3.8) is 0 Å². The Labute approximate surface area is 120 Å². The summed E-state index contributed by atoms with van der Waals surface area (Å²) in [6.45, 7) is 4.50. The van der Waals surface area contributed by atoms with E-state index < -0.39 is 0 Å². The summed E-state index contributed by atoms with van der Waals surface area (Å²) in [5, 5.41) is 6.24.